The summed E-state index contributed by atoms with van der Waals surface area (Å²) < 4.78 is 33.1. The summed E-state index contributed by atoms with van der Waals surface area (Å²) in [6.45, 7) is 3.48. The maximum atomic E-state index is 12.7. The SMILES string of the molecule is CC/C=C\C/C=C\C/C=C\C/C=C\C/C=C\C/C=C\C/C=C\C/C=C\CCCCCCC(=O)OC(COC(=O)CCCCCCCCCCCCCCCCCC/C=C\C/C=C\C/C=C\C/C=C\C/C=C\C/C=C\CC)COP(=O)(O)OCCN. The molecule has 0 rings (SSSR count). The lowest BCUT2D eigenvalue weighted by Gasteiger charge is -2.19. The molecule has 480 valence electrons. The molecule has 0 aliphatic heterocycles. The van der Waals surface area contributed by atoms with E-state index in [1.54, 1.807) is 0 Å². The van der Waals surface area contributed by atoms with Crippen LogP contribution in [0.2, 0.25) is 0 Å². The van der Waals surface area contributed by atoms with E-state index in [1.807, 2.05) is 0 Å². The molecule has 9 nitrogen and oxygen atoms in total. The normalized spacial score (nSPS) is 14.1. The summed E-state index contributed by atoms with van der Waals surface area (Å²) in [5.74, 6) is -0.864. The Bertz CT molecular complexity index is 2000. The predicted octanol–water partition coefficient (Wildman–Crippen LogP) is 22.2. The van der Waals surface area contributed by atoms with Crippen LogP contribution in [-0.2, 0) is 32.7 Å². The van der Waals surface area contributed by atoms with Crippen LogP contribution in [0.4, 0.5) is 0 Å². The van der Waals surface area contributed by atoms with Crippen molar-refractivity contribution in [2.75, 3.05) is 26.4 Å². The molecule has 0 saturated heterocycles. The van der Waals surface area contributed by atoms with Crippen LogP contribution >= 0.6 is 7.82 Å². The second-order valence-electron chi connectivity index (χ2n) is 21.6. The maximum absolute atomic E-state index is 12.7. The lowest BCUT2D eigenvalue weighted by Crippen LogP contribution is -2.29. The summed E-state index contributed by atoms with van der Waals surface area (Å²) in [6, 6.07) is 0. The van der Waals surface area contributed by atoms with E-state index in [-0.39, 0.29) is 32.6 Å². The van der Waals surface area contributed by atoms with Gasteiger partial charge in [0, 0.05) is 19.4 Å². The highest BCUT2D eigenvalue weighted by atomic mass is 31.2. The number of carbonyl (C=O) groups excluding carboxylic acids is 2. The molecule has 3 N–H and O–H groups in total. The van der Waals surface area contributed by atoms with E-state index in [2.05, 4.69) is 184 Å². The molecule has 10 heteroatoms. The van der Waals surface area contributed by atoms with Gasteiger partial charge in [-0.15, -0.1) is 0 Å². The summed E-state index contributed by atoms with van der Waals surface area (Å²) in [4.78, 5) is 35.3. The fraction of sp³-hybridized carbons (Fsp3) is 0.600. The van der Waals surface area contributed by atoms with Gasteiger partial charge in [0.15, 0.2) is 6.10 Å². The number of rotatable bonds is 61. The monoisotopic (exact) mass is 1200 g/mol. The van der Waals surface area contributed by atoms with Crippen molar-refractivity contribution in [2.24, 2.45) is 5.73 Å². The van der Waals surface area contributed by atoms with Gasteiger partial charge in [0.25, 0.3) is 0 Å². The summed E-state index contributed by atoms with van der Waals surface area (Å²) in [5.41, 5.74) is 5.39. The van der Waals surface area contributed by atoms with Crippen LogP contribution in [0.25, 0.3) is 0 Å². The Hall–Kier alpha value is -4.63. The van der Waals surface area contributed by atoms with Crippen LogP contribution in [0.15, 0.2) is 170 Å². The van der Waals surface area contributed by atoms with Crippen molar-refractivity contribution in [3.63, 3.8) is 0 Å². The number of allylic oxidation sites excluding steroid dienone is 28. The largest absolute Gasteiger partial charge is 0.472 e. The number of nitrogens with two attached hydrogens (primary N) is 1. The van der Waals surface area contributed by atoms with E-state index in [0.717, 1.165) is 135 Å². The van der Waals surface area contributed by atoms with Crippen LogP contribution in [0.5, 0.6) is 0 Å². The van der Waals surface area contributed by atoms with Crippen LogP contribution in [0.3, 0.4) is 0 Å². The number of esters is 2. The van der Waals surface area contributed by atoms with Gasteiger partial charge >= 0.3 is 19.8 Å². The molecule has 0 saturated carbocycles. The average Bonchev–Trinajstić information content (AvgIpc) is 3.52. The number of hydrogen-bond donors (Lipinski definition) is 2. The Labute approximate surface area is 521 Å². The first kappa shape index (κ1) is 80.4. The van der Waals surface area contributed by atoms with E-state index < -0.39 is 32.5 Å². The molecule has 0 aromatic carbocycles. The zero-order chi connectivity index (χ0) is 61.6. The lowest BCUT2D eigenvalue weighted by molar-refractivity contribution is -0.161. The molecule has 0 aliphatic carbocycles. The van der Waals surface area contributed by atoms with Crippen LogP contribution in [0.1, 0.15) is 258 Å². The zero-order valence-corrected chi connectivity index (χ0v) is 54.7. The Kier molecular flexibility index (Phi) is 64.8. The first-order valence-corrected chi connectivity index (χ1v) is 35.1. The smallest absolute Gasteiger partial charge is 0.462 e. The Morgan fingerprint density at radius 2 is 0.612 bits per heavy atom. The fourth-order valence-electron chi connectivity index (χ4n) is 8.71. The van der Waals surface area contributed by atoms with Gasteiger partial charge in [0.05, 0.1) is 13.2 Å². The van der Waals surface area contributed by atoms with Gasteiger partial charge in [0.1, 0.15) is 6.61 Å². The minimum Gasteiger partial charge on any atom is -0.462 e. The molecule has 2 unspecified atom stereocenters. The van der Waals surface area contributed by atoms with Crippen molar-refractivity contribution in [1.29, 1.82) is 0 Å². The number of phosphoric acid groups is 1. The number of phosphoric ester groups is 1. The Balaban J connectivity index is 3.99. The molecule has 2 atom stereocenters. The quantitative estimate of drug-likeness (QED) is 0.0264. The van der Waals surface area contributed by atoms with Crippen molar-refractivity contribution < 1.29 is 37.6 Å². The van der Waals surface area contributed by atoms with Gasteiger partial charge < -0.3 is 20.1 Å². The first-order chi connectivity index (χ1) is 41.8. The molecular weight excluding hydrogens is 1070 g/mol. The van der Waals surface area contributed by atoms with Crippen molar-refractivity contribution in [1.82, 2.24) is 0 Å². The second kappa shape index (κ2) is 68.5. The number of ether oxygens (including phenoxy) is 2. The lowest BCUT2D eigenvalue weighted by atomic mass is 10.0. The second-order valence-corrected chi connectivity index (χ2v) is 23.0. The summed E-state index contributed by atoms with van der Waals surface area (Å²) in [7, 11) is -4.41. The standard InChI is InChI=1S/C75H122NO8P/c1-3-5-7-9-11-13-15-17-19-21-23-25-27-29-31-33-34-35-36-37-38-40-41-43-45-47-49-51-53-55-57-59-61-63-65-67-74(77)81-71-73(72-83-85(79,80)82-70-69-76)84-75(78)68-66-64-62-60-58-56-54-52-50-48-46-44-42-39-32-30-28-26-24-22-20-18-16-14-12-10-8-6-4-2/h5-8,11-14,17-20,23-26,29-32,34-35,42,44,48,50,54,56,73H,3-4,9-10,15-16,21-22,27-28,33,36-41,43,45-47,49,51-53,55,57-72,76H2,1-2H3,(H,79,80)/b7-5-,8-6-,13-11-,14-12-,19-17-,20-18-,25-23-,26-24-,31-29-,32-30-,35-34-,44-42-,50-48-,56-54-. The van der Waals surface area contributed by atoms with Crippen LogP contribution in [0, 0.1) is 0 Å². The van der Waals surface area contributed by atoms with Gasteiger partial charge in [0.2, 0.25) is 0 Å². The summed E-state index contributed by atoms with van der Waals surface area (Å²) in [5, 5.41) is 0. The highest BCUT2D eigenvalue weighted by molar-refractivity contribution is 7.47. The molecule has 0 aromatic heterocycles. The van der Waals surface area contributed by atoms with Gasteiger partial charge in [-0.05, 0) is 128 Å². The molecule has 0 amide bonds. The predicted molar refractivity (Wildman–Crippen MR) is 366 cm³/mol. The van der Waals surface area contributed by atoms with Crippen molar-refractivity contribution in [3.8, 4) is 0 Å². The topological polar surface area (TPSA) is 134 Å². The van der Waals surface area contributed by atoms with E-state index in [0.29, 0.717) is 6.42 Å². The molecular formula is C75H122NO8P. The summed E-state index contributed by atoms with van der Waals surface area (Å²) >= 11 is 0. The van der Waals surface area contributed by atoms with Crippen molar-refractivity contribution in [3.05, 3.63) is 170 Å². The van der Waals surface area contributed by atoms with Gasteiger partial charge in [-0.1, -0.05) is 287 Å². The fourth-order valence-corrected chi connectivity index (χ4v) is 9.48. The van der Waals surface area contributed by atoms with E-state index in [1.165, 1.54) is 89.9 Å². The highest BCUT2D eigenvalue weighted by Crippen LogP contribution is 2.43. The third-order valence-corrected chi connectivity index (χ3v) is 14.6. The maximum Gasteiger partial charge on any atom is 0.472 e. The number of hydrogen-bond acceptors (Lipinski definition) is 8. The minimum absolute atomic E-state index is 0.0406. The molecule has 0 bridgehead atoms. The van der Waals surface area contributed by atoms with Crippen molar-refractivity contribution in [2.45, 2.75) is 264 Å². The van der Waals surface area contributed by atoms with Crippen LogP contribution < -0.4 is 5.73 Å². The van der Waals surface area contributed by atoms with E-state index in [9.17, 15) is 19.0 Å². The van der Waals surface area contributed by atoms with E-state index >= 15 is 0 Å². The minimum atomic E-state index is -4.41. The third-order valence-electron chi connectivity index (χ3n) is 13.6. The number of unbranched alkanes of at least 4 members (excludes halogenated alkanes) is 20. The average molecular weight is 1200 g/mol. The van der Waals surface area contributed by atoms with Crippen LogP contribution in [-0.4, -0.2) is 49.3 Å². The molecule has 0 aliphatic rings. The zero-order valence-electron chi connectivity index (χ0n) is 53.8. The van der Waals surface area contributed by atoms with Gasteiger partial charge in [-0.3, -0.25) is 18.6 Å². The molecule has 0 spiro atoms. The highest BCUT2D eigenvalue weighted by Gasteiger charge is 2.26. The van der Waals surface area contributed by atoms with Crippen molar-refractivity contribution >= 4 is 19.8 Å². The Morgan fingerprint density at radius 1 is 0.353 bits per heavy atom. The molecule has 0 radical (unpaired) electrons. The summed E-state index contributed by atoms with van der Waals surface area (Å²) in [6.07, 6.45) is 101. The van der Waals surface area contributed by atoms with E-state index in [4.69, 9.17) is 24.3 Å². The molecule has 0 fully saturated rings. The third kappa shape index (κ3) is 68.4. The number of carbonyl (C=O) groups is 2. The molecule has 0 aromatic rings. The van der Waals surface area contributed by atoms with Gasteiger partial charge in [-0.2, -0.15) is 0 Å². The Morgan fingerprint density at radius 3 is 0.906 bits per heavy atom. The molecule has 85 heavy (non-hydrogen) atoms. The van der Waals surface area contributed by atoms with Gasteiger partial charge in [-0.25, -0.2) is 4.57 Å². The first-order valence-electron chi connectivity index (χ1n) is 33.6. The molecule has 0 heterocycles.